The number of nitrogens with one attached hydrogen (secondary N) is 1. The molecule has 0 saturated carbocycles. The molecule has 0 aliphatic rings. The zero-order valence-electron chi connectivity index (χ0n) is 15.8. The van der Waals surface area contributed by atoms with Crippen molar-refractivity contribution in [3.8, 4) is 17.2 Å². The number of carbonyl (C=O) groups is 1. The predicted octanol–water partition coefficient (Wildman–Crippen LogP) is 4.75. The number of fused-ring (bicyclic) bond motifs is 1. The molecule has 0 saturated heterocycles. The molecule has 0 spiro atoms. The van der Waals surface area contributed by atoms with Gasteiger partial charge >= 0.3 is 6.01 Å². The minimum absolute atomic E-state index is 0.00344. The quantitative estimate of drug-likeness (QED) is 0.540. The van der Waals surface area contributed by atoms with Gasteiger partial charge in [-0.1, -0.05) is 23.3 Å². The summed E-state index contributed by atoms with van der Waals surface area (Å²) in [6, 6.07) is 13.0. The fourth-order valence-electron chi connectivity index (χ4n) is 2.84. The number of ether oxygens (including phenoxy) is 1. The van der Waals surface area contributed by atoms with Crippen LogP contribution in [-0.2, 0) is 0 Å². The summed E-state index contributed by atoms with van der Waals surface area (Å²) in [5.74, 6) is 0.581. The van der Waals surface area contributed by atoms with E-state index in [1.165, 1.54) is 5.56 Å². The molecule has 2 aromatic heterocycles. The molecule has 142 valence electrons. The van der Waals surface area contributed by atoms with Gasteiger partial charge in [0.15, 0.2) is 17.1 Å². The highest BCUT2D eigenvalue weighted by molar-refractivity contribution is 6.04. The third-order valence-electron chi connectivity index (χ3n) is 4.43. The first-order valence-corrected chi connectivity index (χ1v) is 8.93. The molecule has 7 heteroatoms. The number of furan rings is 1. The van der Waals surface area contributed by atoms with Crippen LogP contribution in [0, 0.1) is 13.8 Å². The maximum Gasteiger partial charge on any atom is 0.322 e. The highest BCUT2D eigenvalue weighted by Gasteiger charge is 2.18. The van der Waals surface area contributed by atoms with Gasteiger partial charge in [-0.05, 0) is 56.2 Å². The monoisotopic (exact) mass is 377 g/mol. The summed E-state index contributed by atoms with van der Waals surface area (Å²) in [5, 5.41) is 11.2. The topological polar surface area (TPSA) is 90.4 Å². The van der Waals surface area contributed by atoms with Gasteiger partial charge in [0.1, 0.15) is 0 Å². The Kier molecular flexibility index (Phi) is 4.57. The number of carbonyl (C=O) groups excluding carboxylic acids is 1. The fourth-order valence-corrected chi connectivity index (χ4v) is 2.84. The Bertz CT molecular complexity index is 1160. The Morgan fingerprint density at radius 3 is 2.71 bits per heavy atom. The Labute approximate surface area is 161 Å². The molecule has 0 aliphatic heterocycles. The molecule has 4 rings (SSSR count). The molecule has 4 aromatic rings. The first-order valence-electron chi connectivity index (χ1n) is 8.93. The smallest absolute Gasteiger partial charge is 0.322 e. The summed E-state index contributed by atoms with van der Waals surface area (Å²) in [4.78, 5) is 12.5. The summed E-state index contributed by atoms with van der Waals surface area (Å²) >= 11 is 0. The van der Waals surface area contributed by atoms with Crippen molar-refractivity contribution in [2.24, 2.45) is 0 Å². The first kappa shape index (κ1) is 17.8. The first-order chi connectivity index (χ1) is 13.5. The molecule has 0 unspecified atom stereocenters. The van der Waals surface area contributed by atoms with Crippen molar-refractivity contribution in [2.75, 3.05) is 11.9 Å². The summed E-state index contributed by atoms with van der Waals surface area (Å²) < 4.78 is 16.8. The number of aryl methyl sites for hydroxylation is 2. The lowest BCUT2D eigenvalue weighted by Gasteiger charge is -2.02. The van der Waals surface area contributed by atoms with E-state index in [9.17, 15) is 4.79 Å². The SMILES string of the molecule is CCOc1cccc2cc(C(=O)Nc3nnc(-c4ccc(C)c(C)c4)o3)oc12. The van der Waals surface area contributed by atoms with Gasteiger partial charge < -0.3 is 13.6 Å². The third kappa shape index (κ3) is 3.34. The van der Waals surface area contributed by atoms with Gasteiger partial charge in [-0.2, -0.15) is 0 Å². The normalized spacial score (nSPS) is 11.0. The minimum atomic E-state index is -0.478. The maximum atomic E-state index is 12.5. The number of anilines is 1. The third-order valence-corrected chi connectivity index (χ3v) is 4.43. The lowest BCUT2D eigenvalue weighted by Crippen LogP contribution is -2.10. The molecule has 0 bridgehead atoms. The van der Waals surface area contributed by atoms with Crippen LogP contribution in [0.15, 0.2) is 51.3 Å². The Balaban J connectivity index is 1.56. The number of hydrogen-bond acceptors (Lipinski definition) is 6. The summed E-state index contributed by atoms with van der Waals surface area (Å²) in [6.07, 6.45) is 0. The van der Waals surface area contributed by atoms with Crippen LogP contribution in [0.5, 0.6) is 5.75 Å². The van der Waals surface area contributed by atoms with E-state index in [0.29, 0.717) is 23.8 Å². The molecule has 7 nitrogen and oxygen atoms in total. The number of nitrogens with zero attached hydrogens (tertiary/aromatic N) is 2. The molecule has 0 radical (unpaired) electrons. The van der Waals surface area contributed by atoms with Gasteiger partial charge in [-0.3, -0.25) is 10.1 Å². The molecular weight excluding hydrogens is 358 g/mol. The number of para-hydroxylation sites is 1. The molecule has 1 amide bonds. The zero-order valence-corrected chi connectivity index (χ0v) is 15.8. The summed E-state index contributed by atoms with van der Waals surface area (Å²) in [6.45, 7) is 6.43. The van der Waals surface area contributed by atoms with E-state index in [0.717, 1.165) is 16.5 Å². The van der Waals surface area contributed by atoms with Gasteiger partial charge in [-0.15, -0.1) is 5.10 Å². The molecule has 2 heterocycles. The molecule has 0 atom stereocenters. The average molecular weight is 377 g/mol. The number of aromatic nitrogens is 2. The van der Waals surface area contributed by atoms with Gasteiger partial charge in [0.2, 0.25) is 5.89 Å². The number of hydrogen-bond donors (Lipinski definition) is 1. The zero-order chi connectivity index (χ0) is 19.7. The van der Waals surface area contributed by atoms with Crippen molar-refractivity contribution >= 4 is 22.9 Å². The van der Waals surface area contributed by atoms with Crippen LogP contribution in [0.4, 0.5) is 6.01 Å². The van der Waals surface area contributed by atoms with Crippen molar-refractivity contribution in [3.05, 3.63) is 59.4 Å². The van der Waals surface area contributed by atoms with Crippen molar-refractivity contribution in [2.45, 2.75) is 20.8 Å². The van der Waals surface area contributed by atoms with Gasteiger partial charge in [0, 0.05) is 10.9 Å². The summed E-state index contributed by atoms with van der Waals surface area (Å²) in [5.41, 5.74) is 3.61. The Morgan fingerprint density at radius 1 is 1.07 bits per heavy atom. The van der Waals surface area contributed by atoms with Crippen LogP contribution in [0.25, 0.3) is 22.4 Å². The van der Waals surface area contributed by atoms with Crippen molar-refractivity contribution < 1.29 is 18.4 Å². The second-order valence-electron chi connectivity index (χ2n) is 6.38. The fraction of sp³-hybridized carbons (Fsp3) is 0.190. The highest BCUT2D eigenvalue weighted by atomic mass is 16.5. The van der Waals surface area contributed by atoms with Crippen molar-refractivity contribution in [1.82, 2.24) is 10.2 Å². The number of amides is 1. The minimum Gasteiger partial charge on any atom is -0.490 e. The lowest BCUT2D eigenvalue weighted by atomic mass is 10.1. The van der Waals surface area contributed by atoms with E-state index < -0.39 is 5.91 Å². The molecular formula is C21H19N3O4. The van der Waals surface area contributed by atoms with Gasteiger partial charge in [-0.25, -0.2) is 0 Å². The van der Waals surface area contributed by atoms with E-state index in [-0.39, 0.29) is 11.8 Å². The van der Waals surface area contributed by atoms with E-state index in [1.54, 1.807) is 12.1 Å². The number of rotatable bonds is 5. The second-order valence-corrected chi connectivity index (χ2v) is 6.38. The highest BCUT2D eigenvalue weighted by Crippen LogP contribution is 2.29. The van der Waals surface area contributed by atoms with Crippen LogP contribution in [0.2, 0.25) is 0 Å². The summed E-state index contributed by atoms with van der Waals surface area (Å²) in [7, 11) is 0. The molecule has 0 aliphatic carbocycles. The molecule has 1 N–H and O–H groups in total. The molecule has 0 fully saturated rings. The van der Waals surface area contributed by atoms with E-state index in [4.69, 9.17) is 13.6 Å². The van der Waals surface area contributed by atoms with Gasteiger partial charge in [0.05, 0.1) is 6.61 Å². The lowest BCUT2D eigenvalue weighted by molar-refractivity contribution is 0.0995. The van der Waals surface area contributed by atoms with Crippen LogP contribution < -0.4 is 10.1 Å². The van der Waals surface area contributed by atoms with Crippen molar-refractivity contribution in [1.29, 1.82) is 0 Å². The second kappa shape index (κ2) is 7.19. The predicted molar refractivity (Wildman–Crippen MR) is 105 cm³/mol. The van der Waals surface area contributed by atoms with E-state index in [1.807, 2.05) is 51.1 Å². The Hall–Kier alpha value is -3.61. The van der Waals surface area contributed by atoms with Crippen molar-refractivity contribution in [3.63, 3.8) is 0 Å². The van der Waals surface area contributed by atoms with E-state index in [2.05, 4.69) is 15.5 Å². The standard InChI is InChI=1S/C21H19N3O4/c1-4-26-16-7-5-6-14-11-17(27-18(14)16)19(25)22-21-24-23-20(28-21)15-9-8-12(2)13(3)10-15/h5-11H,4H2,1-3H3,(H,22,24,25). The molecule has 28 heavy (non-hydrogen) atoms. The average Bonchev–Trinajstić information content (AvgIpc) is 3.32. The van der Waals surface area contributed by atoms with Crippen LogP contribution >= 0.6 is 0 Å². The van der Waals surface area contributed by atoms with E-state index >= 15 is 0 Å². The number of benzene rings is 2. The largest absolute Gasteiger partial charge is 0.490 e. The molecule has 2 aromatic carbocycles. The maximum absolute atomic E-state index is 12.5. The van der Waals surface area contributed by atoms with Crippen LogP contribution in [0.1, 0.15) is 28.6 Å². The Morgan fingerprint density at radius 2 is 1.93 bits per heavy atom. The van der Waals surface area contributed by atoms with Gasteiger partial charge in [0.25, 0.3) is 5.91 Å². The van der Waals surface area contributed by atoms with Crippen LogP contribution in [-0.4, -0.2) is 22.7 Å². The van der Waals surface area contributed by atoms with Crippen LogP contribution in [0.3, 0.4) is 0 Å².